The van der Waals surface area contributed by atoms with E-state index in [0.717, 1.165) is 25.7 Å². The molecule has 4 rings (SSSR count). The number of carbonyl (C=O) groups is 1. The standard InChI is InChI=1S/C30H50O2/c1-20(2)10-9-16-30(8,32)22-13-18-28(6)21(22)11-12-24-27(5)17-15-25(31)26(3,4)23(27)14-19-29(24,28)7/h10,21-24,32H,9,11-19H2,1-8H3/t21-,22+,23-,24+,27+,28-,29-,30+/m1/s1. The Morgan fingerprint density at radius 3 is 2.28 bits per heavy atom. The van der Waals surface area contributed by atoms with Crippen LogP contribution in [0.2, 0.25) is 0 Å². The third-order valence-electron chi connectivity index (χ3n) is 12.1. The third-order valence-corrected chi connectivity index (χ3v) is 12.1. The quantitative estimate of drug-likeness (QED) is 0.452. The summed E-state index contributed by atoms with van der Waals surface area (Å²) in [6, 6.07) is 0. The molecule has 0 amide bonds. The summed E-state index contributed by atoms with van der Waals surface area (Å²) in [5.74, 6) is 2.78. The van der Waals surface area contributed by atoms with Gasteiger partial charge in [-0.1, -0.05) is 46.3 Å². The van der Waals surface area contributed by atoms with E-state index in [1.54, 1.807) is 0 Å². The molecule has 0 bridgehead atoms. The van der Waals surface area contributed by atoms with Crippen LogP contribution < -0.4 is 0 Å². The van der Waals surface area contributed by atoms with Crippen LogP contribution in [0.1, 0.15) is 120 Å². The van der Waals surface area contributed by atoms with Crippen molar-refractivity contribution in [2.24, 2.45) is 45.3 Å². The van der Waals surface area contributed by atoms with Crippen LogP contribution in [-0.4, -0.2) is 16.5 Å². The molecular weight excluding hydrogens is 392 g/mol. The van der Waals surface area contributed by atoms with Crippen LogP contribution in [0, 0.1) is 45.3 Å². The molecule has 4 fully saturated rings. The second-order valence-electron chi connectivity index (χ2n) is 14.1. The number of hydrogen-bond donors (Lipinski definition) is 1. The molecule has 0 aliphatic heterocycles. The minimum absolute atomic E-state index is 0.168. The third kappa shape index (κ3) is 3.32. The average molecular weight is 443 g/mol. The minimum atomic E-state index is -0.572. The van der Waals surface area contributed by atoms with E-state index in [1.807, 2.05) is 0 Å². The second-order valence-corrected chi connectivity index (χ2v) is 14.1. The minimum Gasteiger partial charge on any atom is -0.390 e. The monoisotopic (exact) mass is 442 g/mol. The highest BCUT2D eigenvalue weighted by atomic mass is 16.3. The van der Waals surface area contributed by atoms with Gasteiger partial charge in [0.05, 0.1) is 5.60 Å². The summed E-state index contributed by atoms with van der Waals surface area (Å²) < 4.78 is 0. The Labute approximate surface area is 198 Å². The van der Waals surface area contributed by atoms with Crippen LogP contribution in [0.15, 0.2) is 11.6 Å². The molecule has 0 aromatic heterocycles. The fraction of sp³-hybridized carbons (Fsp3) is 0.900. The Morgan fingerprint density at radius 1 is 0.969 bits per heavy atom. The van der Waals surface area contributed by atoms with Crippen LogP contribution in [-0.2, 0) is 4.79 Å². The van der Waals surface area contributed by atoms with Gasteiger partial charge in [0.25, 0.3) is 0 Å². The van der Waals surface area contributed by atoms with Crippen molar-refractivity contribution in [3.05, 3.63) is 11.6 Å². The van der Waals surface area contributed by atoms with Crippen LogP contribution in [0.4, 0.5) is 0 Å². The smallest absolute Gasteiger partial charge is 0.138 e. The van der Waals surface area contributed by atoms with Crippen molar-refractivity contribution in [1.82, 2.24) is 0 Å². The predicted molar refractivity (Wildman–Crippen MR) is 133 cm³/mol. The van der Waals surface area contributed by atoms with Gasteiger partial charge in [-0.15, -0.1) is 0 Å². The number of Topliss-reactive ketones (excluding diaryl/α,β-unsaturated/α-hetero) is 1. The topological polar surface area (TPSA) is 37.3 Å². The highest BCUT2D eigenvalue weighted by Gasteiger charge is 2.69. The van der Waals surface area contributed by atoms with Gasteiger partial charge in [0.15, 0.2) is 0 Å². The Balaban J connectivity index is 1.62. The lowest BCUT2D eigenvalue weighted by atomic mass is 9.35. The lowest BCUT2D eigenvalue weighted by molar-refractivity contribution is -0.207. The van der Waals surface area contributed by atoms with Crippen molar-refractivity contribution in [3.63, 3.8) is 0 Å². The first-order valence-corrected chi connectivity index (χ1v) is 13.6. The van der Waals surface area contributed by atoms with Crippen molar-refractivity contribution < 1.29 is 9.90 Å². The lowest BCUT2D eigenvalue weighted by Crippen LogP contribution is -2.63. The van der Waals surface area contributed by atoms with E-state index in [1.165, 1.54) is 44.1 Å². The van der Waals surface area contributed by atoms with E-state index < -0.39 is 5.60 Å². The van der Waals surface area contributed by atoms with Gasteiger partial charge in [0.1, 0.15) is 5.78 Å². The van der Waals surface area contributed by atoms with Gasteiger partial charge in [-0.2, -0.15) is 0 Å². The van der Waals surface area contributed by atoms with Gasteiger partial charge in [-0.05, 0) is 118 Å². The fourth-order valence-corrected chi connectivity index (χ4v) is 10.1. The summed E-state index contributed by atoms with van der Waals surface area (Å²) in [5, 5.41) is 11.6. The maximum atomic E-state index is 12.8. The summed E-state index contributed by atoms with van der Waals surface area (Å²) in [6.45, 7) is 18.7. The largest absolute Gasteiger partial charge is 0.390 e. The van der Waals surface area contributed by atoms with Crippen molar-refractivity contribution in [1.29, 1.82) is 0 Å². The van der Waals surface area contributed by atoms with Gasteiger partial charge in [0.2, 0.25) is 0 Å². The molecule has 2 heteroatoms. The lowest BCUT2D eigenvalue weighted by Gasteiger charge is -2.69. The van der Waals surface area contributed by atoms with Crippen molar-refractivity contribution in [3.8, 4) is 0 Å². The Bertz CT molecular complexity index is 787. The van der Waals surface area contributed by atoms with Crippen molar-refractivity contribution in [2.75, 3.05) is 0 Å². The molecule has 8 atom stereocenters. The summed E-state index contributed by atoms with van der Waals surface area (Å²) in [4.78, 5) is 12.8. The maximum absolute atomic E-state index is 12.8. The van der Waals surface area contributed by atoms with Gasteiger partial charge >= 0.3 is 0 Å². The highest BCUT2D eigenvalue weighted by Crippen LogP contribution is 2.75. The summed E-state index contributed by atoms with van der Waals surface area (Å²) >= 11 is 0. The Hall–Kier alpha value is -0.630. The molecule has 0 spiro atoms. The number of carbonyl (C=O) groups excluding carboxylic acids is 1. The first-order chi connectivity index (χ1) is 14.7. The first kappa shape index (κ1) is 24.5. The van der Waals surface area contributed by atoms with Gasteiger partial charge in [-0.25, -0.2) is 0 Å². The van der Waals surface area contributed by atoms with Crippen LogP contribution >= 0.6 is 0 Å². The normalized spacial score (nSPS) is 47.1. The average Bonchev–Trinajstić information content (AvgIpc) is 3.04. The molecule has 0 heterocycles. The molecule has 32 heavy (non-hydrogen) atoms. The molecule has 0 saturated heterocycles. The van der Waals surface area contributed by atoms with Crippen molar-refractivity contribution in [2.45, 2.75) is 125 Å². The van der Waals surface area contributed by atoms with E-state index in [4.69, 9.17) is 0 Å². The van der Waals surface area contributed by atoms with Crippen LogP contribution in [0.25, 0.3) is 0 Å². The van der Waals surface area contributed by atoms with Gasteiger partial charge in [-0.3, -0.25) is 4.79 Å². The molecule has 182 valence electrons. The zero-order valence-corrected chi connectivity index (χ0v) is 22.3. The number of hydrogen-bond acceptors (Lipinski definition) is 2. The van der Waals surface area contributed by atoms with Crippen LogP contribution in [0.3, 0.4) is 0 Å². The van der Waals surface area contributed by atoms with E-state index in [9.17, 15) is 9.90 Å². The number of rotatable bonds is 4. The molecule has 0 aromatic rings. The van der Waals surface area contributed by atoms with Crippen molar-refractivity contribution >= 4 is 5.78 Å². The maximum Gasteiger partial charge on any atom is 0.138 e. The highest BCUT2D eigenvalue weighted by molar-refractivity contribution is 5.85. The summed E-state index contributed by atoms with van der Waals surface area (Å²) in [6.07, 6.45) is 13.5. The summed E-state index contributed by atoms with van der Waals surface area (Å²) in [7, 11) is 0. The molecule has 0 aromatic carbocycles. The predicted octanol–water partition coefficient (Wildman–Crippen LogP) is 7.74. The first-order valence-electron chi connectivity index (χ1n) is 13.6. The molecule has 4 aliphatic rings. The van der Waals surface area contributed by atoms with Crippen LogP contribution in [0.5, 0.6) is 0 Å². The number of aliphatic hydroxyl groups is 1. The van der Waals surface area contributed by atoms with E-state index in [2.05, 4.69) is 61.5 Å². The van der Waals surface area contributed by atoms with Gasteiger partial charge < -0.3 is 5.11 Å². The zero-order valence-electron chi connectivity index (χ0n) is 22.3. The number of fused-ring (bicyclic) bond motifs is 5. The molecule has 4 saturated carbocycles. The molecule has 1 N–H and O–H groups in total. The van der Waals surface area contributed by atoms with E-state index in [0.29, 0.717) is 40.3 Å². The summed E-state index contributed by atoms with van der Waals surface area (Å²) in [5.41, 5.74) is 1.52. The van der Waals surface area contributed by atoms with E-state index >= 15 is 0 Å². The SMILES string of the molecule is CC(C)=CCC[C@](C)(O)[C@H]1CC[C@]2(C)[C@@H]1CC[C@H]1[C@@]3(C)CCC(=O)C(C)(C)[C@H]3CC[C@]12C. The second kappa shape index (κ2) is 7.69. The fourth-order valence-electron chi connectivity index (χ4n) is 10.1. The van der Waals surface area contributed by atoms with Gasteiger partial charge in [0, 0.05) is 11.8 Å². The molecule has 4 aliphatic carbocycles. The zero-order chi connectivity index (χ0) is 23.7. The molecule has 2 nitrogen and oxygen atoms in total. The molecule has 0 radical (unpaired) electrons. The molecular formula is C30H50O2. The Morgan fingerprint density at radius 2 is 1.62 bits per heavy atom. The number of allylic oxidation sites excluding steroid dienone is 2. The van der Waals surface area contributed by atoms with E-state index in [-0.39, 0.29) is 10.8 Å². The number of ketones is 1. The molecule has 0 unspecified atom stereocenters. The Kier molecular flexibility index (Phi) is 5.89.